The molecule has 0 heterocycles. The summed E-state index contributed by atoms with van der Waals surface area (Å²) in [5.74, 6) is -0.576. The van der Waals surface area contributed by atoms with Gasteiger partial charge in [-0.15, -0.1) is 0 Å². The highest BCUT2D eigenvalue weighted by molar-refractivity contribution is 6.33. The van der Waals surface area contributed by atoms with Crippen molar-refractivity contribution in [2.75, 3.05) is 6.54 Å². The fourth-order valence-electron chi connectivity index (χ4n) is 1.42. The molecule has 0 aliphatic heterocycles. The third-order valence-corrected chi connectivity index (χ3v) is 2.86. The average Bonchev–Trinajstić information content (AvgIpc) is 2.24. The Hall–Kier alpha value is -1.13. The van der Waals surface area contributed by atoms with Crippen molar-refractivity contribution in [1.29, 1.82) is 0 Å². The zero-order chi connectivity index (χ0) is 13.0. The standard InChI is InChI=1S/C12H16ClFN2O/c1-7(2)11(6-15)16-12(17)9-4-3-8(14)5-10(9)13/h3-5,7,11H,6,15H2,1-2H3,(H,16,17). The predicted molar refractivity (Wildman–Crippen MR) is 66.6 cm³/mol. The zero-order valence-corrected chi connectivity index (χ0v) is 10.6. The van der Waals surface area contributed by atoms with Crippen molar-refractivity contribution < 1.29 is 9.18 Å². The van der Waals surface area contributed by atoms with E-state index in [-0.39, 0.29) is 28.5 Å². The van der Waals surface area contributed by atoms with Crippen LogP contribution in [0.4, 0.5) is 4.39 Å². The molecule has 1 amide bonds. The quantitative estimate of drug-likeness (QED) is 0.870. The second kappa shape index (κ2) is 5.98. The minimum absolute atomic E-state index is 0.0991. The Labute approximate surface area is 105 Å². The van der Waals surface area contributed by atoms with Crippen molar-refractivity contribution in [3.8, 4) is 0 Å². The van der Waals surface area contributed by atoms with Crippen LogP contribution in [0.1, 0.15) is 24.2 Å². The molecule has 0 aliphatic rings. The molecule has 94 valence electrons. The van der Waals surface area contributed by atoms with Crippen LogP contribution in [0.5, 0.6) is 0 Å². The molecule has 1 aromatic carbocycles. The van der Waals surface area contributed by atoms with Gasteiger partial charge < -0.3 is 11.1 Å². The Kier molecular flexibility index (Phi) is 4.90. The molecule has 0 fully saturated rings. The van der Waals surface area contributed by atoms with E-state index in [1.165, 1.54) is 12.1 Å². The molecule has 0 saturated heterocycles. The highest BCUT2D eigenvalue weighted by Crippen LogP contribution is 2.17. The van der Waals surface area contributed by atoms with Crippen LogP contribution < -0.4 is 11.1 Å². The molecule has 1 atom stereocenters. The summed E-state index contributed by atoms with van der Waals surface area (Å²) in [5.41, 5.74) is 5.81. The molecule has 1 unspecified atom stereocenters. The van der Waals surface area contributed by atoms with E-state index in [1.807, 2.05) is 13.8 Å². The monoisotopic (exact) mass is 258 g/mol. The number of nitrogens with one attached hydrogen (secondary N) is 1. The maximum absolute atomic E-state index is 12.8. The first-order chi connectivity index (χ1) is 7.95. The summed E-state index contributed by atoms with van der Waals surface area (Å²) in [4.78, 5) is 11.9. The van der Waals surface area contributed by atoms with Gasteiger partial charge in [0.1, 0.15) is 5.82 Å². The van der Waals surface area contributed by atoms with E-state index < -0.39 is 5.82 Å². The normalized spacial score (nSPS) is 12.6. The topological polar surface area (TPSA) is 55.1 Å². The number of amides is 1. The van der Waals surface area contributed by atoms with E-state index in [9.17, 15) is 9.18 Å². The van der Waals surface area contributed by atoms with Gasteiger partial charge >= 0.3 is 0 Å². The van der Waals surface area contributed by atoms with Crippen molar-refractivity contribution in [3.05, 3.63) is 34.6 Å². The summed E-state index contributed by atoms with van der Waals surface area (Å²) in [6.45, 7) is 4.27. The molecule has 0 bridgehead atoms. The summed E-state index contributed by atoms with van der Waals surface area (Å²) < 4.78 is 12.8. The number of nitrogens with two attached hydrogens (primary N) is 1. The molecule has 3 nitrogen and oxygen atoms in total. The van der Waals surface area contributed by atoms with E-state index >= 15 is 0 Å². The van der Waals surface area contributed by atoms with Crippen molar-refractivity contribution >= 4 is 17.5 Å². The lowest BCUT2D eigenvalue weighted by Gasteiger charge is -2.20. The van der Waals surface area contributed by atoms with E-state index in [0.29, 0.717) is 6.54 Å². The number of benzene rings is 1. The van der Waals surface area contributed by atoms with Crippen LogP contribution in [0.3, 0.4) is 0 Å². The van der Waals surface area contributed by atoms with E-state index in [1.54, 1.807) is 0 Å². The molecule has 17 heavy (non-hydrogen) atoms. The molecule has 0 aliphatic carbocycles. The number of hydrogen-bond donors (Lipinski definition) is 2. The average molecular weight is 259 g/mol. The number of rotatable bonds is 4. The fourth-order valence-corrected chi connectivity index (χ4v) is 1.67. The van der Waals surface area contributed by atoms with Crippen LogP contribution >= 0.6 is 11.6 Å². The van der Waals surface area contributed by atoms with Gasteiger partial charge in [0.2, 0.25) is 0 Å². The van der Waals surface area contributed by atoms with Crippen LogP contribution in [0.25, 0.3) is 0 Å². The fraction of sp³-hybridized carbons (Fsp3) is 0.417. The molecule has 0 aromatic heterocycles. The first-order valence-corrected chi connectivity index (χ1v) is 5.79. The lowest BCUT2D eigenvalue weighted by molar-refractivity contribution is 0.0928. The number of hydrogen-bond acceptors (Lipinski definition) is 2. The predicted octanol–water partition coefficient (Wildman–Crippen LogP) is 2.19. The maximum Gasteiger partial charge on any atom is 0.253 e. The molecule has 1 rings (SSSR count). The Bertz CT molecular complexity index is 409. The largest absolute Gasteiger partial charge is 0.348 e. The van der Waals surface area contributed by atoms with Gasteiger partial charge in [-0.05, 0) is 24.1 Å². The molecule has 0 saturated carbocycles. The summed E-state index contributed by atoms with van der Waals surface area (Å²) in [5, 5.41) is 2.87. The number of halogens is 2. The zero-order valence-electron chi connectivity index (χ0n) is 9.84. The minimum Gasteiger partial charge on any atom is -0.348 e. The Balaban J connectivity index is 2.82. The van der Waals surface area contributed by atoms with Gasteiger partial charge in [-0.2, -0.15) is 0 Å². The molecular formula is C12H16ClFN2O. The van der Waals surface area contributed by atoms with E-state index in [0.717, 1.165) is 6.07 Å². The summed E-state index contributed by atoms with van der Waals surface area (Å²) >= 11 is 5.80. The molecular weight excluding hydrogens is 243 g/mol. The van der Waals surface area contributed by atoms with Crippen LogP contribution in [0.15, 0.2) is 18.2 Å². The molecule has 3 N–H and O–H groups in total. The Morgan fingerprint density at radius 2 is 2.18 bits per heavy atom. The van der Waals surface area contributed by atoms with Gasteiger partial charge in [-0.25, -0.2) is 4.39 Å². The first-order valence-electron chi connectivity index (χ1n) is 5.41. The first kappa shape index (κ1) is 13.9. The van der Waals surface area contributed by atoms with Gasteiger partial charge in [0.25, 0.3) is 5.91 Å². The van der Waals surface area contributed by atoms with Gasteiger partial charge in [0.15, 0.2) is 0 Å². The molecule has 0 radical (unpaired) electrons. The second-order valence-electron chi connectivity index (χ2n) is 4.18. The maximum atomic E-state index is 12.8. The highest BCUT2D eigenvalue weighted by atomic mass is 35.5. The van der Waals surface area contributed by atoms with Crippen LogP contribution in [0.2, 0.25) is 5.02 Å². The Morgan fingerprint density at radius 3 is 2.65 bits per heavy atom. The SMILES string of the molecule is CC(C)C(CN)NC(=O)c1ccc(F)cc1Cl. The van der Waals surface area contributed by atoms with Gasteiger partial charge in [0.05, 0.1) is 10.6 Å². The molecule has 0 spiro atoms. The van der Waals surface area contributed by atoms with Gasteiger partial charge in [0, 0.05) is 12.6 Å². The number of carbonyl (C=O) groups is 1. The third kappa shape index (κ3) is 3.68. The summed E-state index contributed by atoms with van der Waals surface area (Å²) in [6.07, 6.45) is 0. The van der Waals surface area contributed by atoms with Gasteiger partial charge in [-0.3, -0.25) is 4.79 Å². The Morgan fingerprint density at radius 1 is 1.53 bits per heavy atom. The van der Waals surface area contributed by atoms with Crippen molar-refractivity contribution in [3.63, 3.8) is 0 Å². The van der Waals surface area contributed by atoms with Crippen LogP contribution in [-0.4, -0.2) is 18.5 Å². The van der Waals surface area contributed by atoms with E-state index in [2.05, 4.69) is 5.32 Å². The van der Waals surface area contributed by atoms with Crippen molar-refractivity contribution in [2.45, 2.75) is 19.9 Å². The van der Waals surface area contributed by atoms with Crippen molar-refractivity contribution in [2.24, 2.45) is 11.7 Å². The lowest BCUT2D eigenvalue weighted by atomic mass is 10.0. The van der Waals surface area contributed by atoms with Gasteiger partial charge in [-0.1, -0.05) is 25.4 Å². The smallest absolute Gasteiger partial charge is 0.253 e. The minimum atomic E-state index is -0.467. The van der Waals surface area contributed by atoms with Crippen LogP contribution in [0, 0.1) is 11.7 Å². The van der Waals surface area contributed by atoms with E-state index in [4.69, 9.17) is 17.3 Å². The lowest BCUT2D eigenvalue weighted by Crippen LogP contribution is -2.43. The summed E-state index contributed by atoms with van der Waals surface area (Å²) in [6, 6.07) is 3.56. The molecule has 1 aromatic rings. The van der Waals surface area contributed by atoms with Crippen LogP contribution in [-0.2, 0) is 0 Å². The van der Waals surface area contributed by atoms with Crippen molar-refractivity contribution in [1.82, 2.24) is 5.32 Å². The third-order valence-electron chi connectivity index (χ3n) is 2.55. The molecule has 5 heteroatoms. The second-order valence-corrected chi connectivity index (χ2v) is 4.59. The number of carbonyl (C=O) groups excluding carboxylic acids is 1. The summed E-state index contributed by atoms with van der Waals surface area (Å²) in [7, 11) is 0. The highest BCUT2D eigenvalue weighted by Gasteiger charge is 2.17.